The minimum Gasteiger partial charge on any atom is -0.507 e. The van der Waals surface area contributed by atoms with Crippen molar-refractivity contribution in [3.8, 4) is 5.75 Å². The van der Waals surface area contributed by atoms with Gasteiger partial charge in [-0.05, 0) is 12.1 Å². The number of Topliss-reactive ketones (excluding diaryl/α,β-unsaturated/α-hetero) is 1. The van der Waals surface area contributed by atoms with Crippen LogP contribution in [0.3, 0.4) is 0 Å². The van der Waals surface area contributed by atoms with Gasteiger partial charge in [-0.3, -0.25) is 9.79 Å². The van der Waals surface area contributed by atoms with E-state index in [0.717, 1.165) is 0 Å². The average Bonchev–Trinajstić information content (AvgIpc) is 2.20. The van der Waals surface area contributed by atoms with Crippen LogP contribution in [0.15, 0.2) is 29.3 Å². The molecule has 0 aliphatic rings. The molecule has 0 amide bonds. The average molecular weight is 191 g/mol. The quantitative estimate of drug-likeness (QED) is 0.737. The van der Waals surface area contributed by atoms with Crippen LogP contribution in [0.4, 0.5) is 0 Å². The molecule has 0 aliphatic carbocycles. The second-order valence-electron chi connectivity index (χ2n) is 2.92. The Balaban J connectivity index is 2.60. The van der Waals surface area contributed by atoms with Gasteiger partial charge in [0.15, 0.2) is 5.78 Å². The summed E-state index contributed by atoms with van der Waals surface area (Å²) in [6.07, 6.45) is 2.01. The van der Waals surface area contributed by atoms with E-state index in [-0.39, 0.29) is 18.1 Å². The first-order valence-corrected chi connectivity index (χ1v) is 4.53. The van der Waals surface area contributed by atoms with Crippen molar-refractivity contribution >= 4 is 12.0 Å². The van der Waals surface area contributed by atoms with Crippen molar-refractivity contribution in [1.29, 1.82) is 0 Å². The smallest absolute Gasteiger partial charge is 0.153 e. The van der Waals surface area contributed by atoms with Crippen LogP contribution in [0.5, 0.6) is 5.75 Å². The molecule has 1 aromatic rings. The Bertz CT molecular complexity index is 345. The van der Waals surface area contributed by atoms with Crippen molar-refractivity contribution in [2.24, 2.45) is 4.99 Å². The van der Waals surface area contributed by atoms with Crippen LogP contribution in [0.25, 0.3) is 0 Å². The largest absolute Gasteiger partial charge is 0.507 e. The van der Waals surface area contributed by atoms with Gasteiger partial charge in [-0.2, -0.15) is 0 Å². The van der Waals surface area contributed by atoms with Gasteiger partial charge in [0.25, 0.3) is 0 Å². The molecule has 3 heteroatoms. The molecule has 0 saturated carbocycles. The first-order chi connectivity index (χ1) is 6.74. The number of hydrogen-bond acceptors (Lipinski definition) is 3. The summed E-state index contributed by atoms with van der Waals surface area (Å²) in [6, 6.07) is 6.88. The van der Waals surface area contributed by atoms with Crippen molar-refractivity contribution in [2.75, 3.05) is 6.54 Å². The van der Waals surface area contributed by atoms with E-state index >= 15 is 0 Å². The van der Waals surface area contributed by atoms with E-state index in [4.69, 9.17) is 0 Å². The van der Waals surface area contributed by atoms with Crippen LogP contribution in [0, 0.1) is 0 Å². The third-order valence-corrected chi connectivity index (χ3v) is 1.83. The fraction of sp³-hybridized carbons (Fsp3) is 0.273. The molecule has 3 nitrogen and oxygen atoms in total. The number of rotatable bonds is 4. The Hall–Kier alpha value is -1.64. The molecule has 0 bridgehead atoms. The van der Waals surface area contributed by atoms with E-state index in [1.54, 1.807) is 25.1 Å². The molecule has 0 radical (unpaired) electrons. The van der Waals surface area contributed by atoms with Crippen molar-refractivity contribution in [2.45, 2.75) is 13.3 Å². The second-order valence-corrected chi connectivity index (χ2v) is 2.92. The van der Waals surface area contributed by atoms with Crippen LogP contribution < -0.4 is 0 Å². The van der Waals surface area contributed by atoms with Gasteiger partial charge in [0.1, 0.15) is 5.75 Å². The summed E-state index contributed by atoms with van der Waals surface area (Å²) in [6.45, 7) is 1.99. The molecule has 0 unspecified atom stereocenters. The highest BCUT2D eigenvalue weighted by molar-refractivity contribution is 5.86. The molecular weight excluding hydrogens is 178 g/mol. The number of carbonyl (C=O) groups excluding carboxylic acids is 1. The second kappa shape index (κ2) is 5.17. The molecule has 0 aromatic heterocycles. The topological polar surface area (TPSA) is 49.7 Å². The van der Waals surface area contributed by atoms with Crippen LogP contribution >= 0.6 is 0 Å². The lowest BCUT2D eigenvalue weighted by atomic mass is 10.2. The number of aliphatic imine (C=N–C) groups is 1. The predicted octanol–water partition coefficient (Wildman–Crippen LogP) is 1.79. The Morgan fingerprint density at radius 1 is 1.50 bits per heavy atom. The van der Waals surface area contributed by atoms with Gasteiger partial charge < -0.3 is 5.11 Å². The van der Waals surface area contributed by atoms with Gasteiger partial charge in [0.05, 0.1) is 6.54 Å². The number of benzene rings is 1. The lowest BCUT2D eigenvalue weighted by Crippen LogP contribution is -1.99. The highest BCUT2D eigenvalue weighted by atomic mass is 16.3. The van der Waals surface area contributed by atoms with Crippen LogP contribution in [0.2, 0.25) is 0 Å². The molecule has 0 heterocycles. The molecule has 14 heavy (non-hydrogen) atoms. The molecule has 1 N–H and O–H groups in total. The number of phenolic OH excluding ortho intramolecular Hbond substituents is 1. The Morgan fingerprint density at radius 3 is 2.86 bits per heavy atom. The predicted molar refractivity (Wildman–Crippen MR) is 55.9 cm³/mol. The highest BCUT2D eigenvalue weighted by Crippen LogP contribution is 2.12. The zero-order valence-corrected chi connectivity index (χ0v) is 8.10. The number of para-hydroxylation sites is 1. The number of phenols is 1. The third-order valence-electron chi connectivity index (χ3n) is 1.83. The van der Waals surface area contributed by atoms with Crippen LogP contribution in [0.1, 0.15) is 18.9 Å². The summed E-state index contributed by atoms with van der Waals surface area (Å²) in [4.78, 5) is 14.8. The Labute approximate surface area is 83.1 Å². The van der Waals surface area contributed by atoms with Crippen molar-refractivity contribution in [3.05, 3.63) is 29.8 Å². The highest BCUT2D eigenvalue weighted by Gasteiger charge is 1.96. The van der Waals surface area contributed by atoms with Crippen molar-refractivity contribution in [1.82, 2.24) is 0 Å². The molecule has 74 valence electrons. The van der Waals surface area contributed by atoms with Gasteiger partial charge >= 0.3 is 0 Å². The molecule has 0 spiro atoms. The lowest BCUT2D eigenvalue weighted by molar-refractivity contribution is -0.117. The molecule has 0 fully saturated rings. The molecule has 1 aromatic carbocycles. The fourth-order valence-corrected chi connectivity index (χ4v) is 0.954. The van der Waals surface area contributed by atoms with Crippen molar-refractivity contribution < 1.29 is 9.90 Å². The number of hydrogen-bond donors (Lipinski definition) is 1. The summed E-state index contributed by atoms with van der Waals surface area (Å²) in [5, 5.41) is 9.36. The first kappa shape index (κ1) is 10.4. The zero-order valence-electron chi connectivity index (χ0n) is 8.10. The number of aromatic hydroxyl groups is 1. The van der Waals surface area contributed by atoms with Gasteiger partial charge in [0.2, 0.25) is 0 Å². The van der Waals surface area contributed by atoms with Gasteiger partial charge in [0, 0.05) is 18.2 Å². The number of nitrogens with zero attached hydrogens (tertiary/aromatic N) is 1. The molecular formula is C11H13NO2. The van der Waals surface area contributed by atoms with Gasteiger partial charge in [-0.25, -0.2) is 0 Å². The summed E-state index contributed by atoms with van der Waals surface area (Å²) >= 11 is 0. The van der Waals surface area contributed by atoms with E-state index in [0.29, 0.717) is 12.0 Å². The van der Waals surface area contributed by atoms with Crippen LogP contribution in [-0.2, 0) is 4.79 Å². The number of ketones is 1. The summed E-state index contributed by atoms with van der Waals surface area (Å²) in [7, 11) is 0. The number of carbonyl (C=O) groups is 1. The normalized spacial score (nSPS) is 10.6. The van der Waals surface area contributed by atoms with Crippen LogP contribution in [-0.4, -0.2) is 23.6 Å². The first-order valence-electron chi connectivity index (χ1n) is 4.53. The lowest BCUT2D eigenvalue weighted by Gasteiger charge is -1.96. The molecule has 1 rings (SSSR count). The van der Waals surface area contributed by atoms with E-state index in [2.05, 4.69) is 4.99 Å². The minimum atomic E-state index is 0.0941. The van der Waals surface area contributed by atoms with E-state index in [1.807, 2.05) is 6.07 Å². The maximum absolute atomic E-state index is 10.9. The zero-order chi connectivity index (χ0) is 10.4. The van der Waals surface area contributed by atoms with Gasteiger partial charge in [-0.1, -0.05) is 19.1 Å². The van der Waals surface area contributed by atoms with E-state index in [9.17, 15) is 9.90 Å². The Kier molecular flexibility index (Phi) is 3.85. The molecule has 0 saturated heterocycles. The van der Waals surface area contributed by atoms with E-state index < -0.39 is 0 Å². The standard InChI is InChI=1S/C11H13NO2/c1-2-10(13)8-12-7-9-5-3-4-6-11(9)14/h3-7,14H,2,8H2,1H3. The van der Waals surface area contributed by atoms with E-state index in [1.165, 1.54) is 6.21 Å². The maximum Gasteiger partial charge on any atom is 0.153 e. The minimum absolute atomic E-state index is 0.0941. The molecule has 0 aliphatic heterocycles. The van der Waals surface area contributed by atoms with Crippen molar-refractivity contribution in [3.63, 3.8) is 0 Å². The third kappa shape index (κ3) is 3.01. The molecule has 0 atom stereocenters. The fourth-order valence-electron chi connectivity index (χ4n) is 0.954. The summed E-state index contributed by atoms with van der Waals surface area (Å²) in [5.74, 6) is 0.275. The summed E-state index contributed by atoms with van der Waals surface area (Å²) in [5.41, 5.74) is 0.636. The Morgan fingerprint density at radius 2 is 2.21 bits per heavy atom. The summed E-state index contributed by atoms with van der Waals surface area (Å²) < 4.78 is 0. The maximum atomic E-state index is 10.9. The SMILES string of the molecule is CCC(=O)CN=Cc1ccccc1O. The monoisotopic (exact) mass is 191 g/mol. The van der Waals surface area contributed by atoms with Gasteiger partial charge in [-0.15, -0.1) is 0 Å².